The number of hydrogen-bond donors (Lipinski definition) is 0. The fraction of sp³-hybridized carbons (Fsp3) is 0. The van der Waals surface area contributed by atoms with Gasteiger partial charge in [-0.15, -0.1) is 0 Å². The van der Waals surface area contributed by atoms with Crippen molar-refractivity contribution in [1.29, 1.82) is 0 Å². The Morgan fingerprint density at radius 1 is 0.250 bits per heavy atom. The Hall–Kier alpha value is -5.86. The van der Waals surface area contributed by atoms with Crippen molar-refractivity contribution in [3.05, 3.63) is 170 Å². The molecule has 0 N–H and O–H groups in total. The predicted molar refractivity (Wildman–Crippen MR) is 186 cm³/mol. The van der Waals surface area contributed by atoms with Gasteiger partial charge in [0, 0.05) is 32.9 Å². The topological polar surface area (TPSA) is 9.86 Å². The largest absolute Gasteiger partial charge is 0.309 e. The number of rotatable bonds is 4. The average Bonchev–Trinajstić information content (AvgIpc) is 3.62. The van der Waals surface area contributed by atoms with E-state index in [-0.39, 0.29) is 0 Å². The minimum Gasteiger partial charge on any atom is -0.309 e. The molecule has 0 amide bonds. The SMILES string of the molecule is c1ccc(-c2cc(-c3cccc(-n4c5ccccc5c5ccccc54)c3)cc(-n3c4ccccc4c4ccccc43)c2)cc1. The minimum atomic E-state index is 1.15. The van der Waals surface area contributed by atoms with E-state index in [1.54, 1.807) is 0 Å². The van der Waals surface area contributed by atoms with E-state index in [2.05, 4.69) is 179 Å². The van der Waals surface area contributed by atoms with Crippen LogP contribution >= 0.6 is 0 Å². The molecule has 0 aliphatic rings. The molecular formula is C42H28N2. The zero-order valence-electron chi connectivity index (χ0n) is 24.1. The van der Waals surface area contributed by atoms with Gasteiger partial charge in [-0.1, -0.05) is 115 Å². The van der Waals surface area contributed by atoms with Crippen molar-refractivity contribution >= 4 is 43.6 Å². The molecule has 9 aromatic rings. The zero-order chi connectivity index (χ0) is 29.0. The fourth-order valence-electron chi connectivity index (χ4n) is 6.93. The predicted octanol–water partition coefficient (Wildman–Crippen LogP) is 11.2. The molecule has 206 valence electrons. The first-order chi connectivity index (χ1) is 21.8. The summed E-state index contributed by atoms with van der Waals surface area (Å²) in [5.41, 5.74) is 11.9. The lowest BCUT2D eigenvalue weighted by Gasteiger charge is -2.15. The first kappa shape index (κ1) is 24.7. The van der Waals surface area contributed by atoms with E-state index in [0.29, 0.717) is 0 Å². The van der Waals surface area contributed by atoms with Gasteiger partial charge < -0.3 is 9.13 Å². The first-order valence-corrected chi connectivity index (χ1v) is 15.1. The lowest BCUT2D eigenvalue weighted by molar-refractivity contribution is 1.17. The third kappa shape index (κ3) is 3.82. The van der Waals surface area contributed by atoms with E-state index in [0.717, 1.165) is 11.4 Å². The zero-order valence-corrected chi connectivity index (χ0v) is 24.1. The molecule has 2 heterocycles. The van der Waals surface area contributed by atoms with Crippen LogP contribution in [-0.2, 0) is 0 Å². The van der Waals surface area contributed by atoms with Gasteiger partial charge in [-0.2, -0.15) is 0 Å². The number of para-hydroxylation sites is 4. The number of fused-ring (bicyclic) bond motifs is 6. The Morgan fingerprint density at radius 3 is 1.16 bits per heavy atom. The van der Waals surface area contributed by atoms with E-state index in [4.69, 9.17) is 0 Å². The molecule has 7 aromatic carbocycles. The van der Waals surface area contributed by atoms with E-state index in [1.165, 1.54) is 65.9 Å². The summed E-state index contributed by atoms with van der Waals surface area (Å²) in [5, 5.41) is 5.08. The van der Waals surface area contributed by atoms with Crippen molar-refractivity contribution in [3.63, 3.8) is 0 Å². The average molecular weight is 561 g/mol. The Kier molecular flexibility index (Phi) is 5.54. The summed E-state index contributed by atoms with van der Waals surface area (Å²) < 4.78 is 4.81. The number of hydrogen-bond acceptors (Lipinski definition) is 0. The summed E-state index contributed by atoms with van der Waals surface area (Å²) in [5.74, 6) is 0. The van der Waals surface area contributed by atoms with Gasteiger partial charge in [0.25, 0.3) is 0 Å². The van der Waals surface area contributed by atoms with Gasteiger partial charge >= 0.3 is 0 Å². The second kappa shape index (κ2) is 9.86. The molecule has 0 saturated carbocycles. The Bertz CT molecular complexity index is 2390. The molecule has 0 saturated heterocycles. The van der Waals surface area contributed by atoms with E-state index in [9.17, 15) is 0 Å². The molecule has 2 nitrogen and oxygen atoms in total. The molecule has 0 bridgehead atoms. The molecule has 0 fully saturated rings. The van der Waals surface area contributed by atoms with Crippen molar-refractivity contribution in [2.75, 3.05) is 0 Å². The highest BCUT2D eigenvalue weighted by Gasteiger charge is 2.16. The van der Waals surface area contributed by atoms with Crippen molar-refractivity contribution in [2.24, 2.45) is 0 Å². The van der Waals surface area contributed by atoms with Crippen molar-refractivity contribution in [3.8, 4) is 33.6 Å². The quantitative estimate of drug-likeness (QED) is 0.203. The smallest absolute Gasteiger partial charge is 0.0541 e. The molecule has 0 aliphatic carbocycles. The maximum absolute atomic E-state index is 2.41. The maximum atomic E-state index is 2.41. The van der Waals surface area contributed by atoms with Crippen LogP contribution in [0.1, 0.15) is 0 Å². The van der Waals surface area contributed by atoms with E-state index in [1.807, 2.05) is 0 Å². The Balaban J connectivity index is 1.30. The minimum absolute atomic E-state index is 1.15. The monoisotopic (exact) mass is 560 g/mol. The van der Waals surface area contributed by atoms with Gasteiger partial charge in [0.05, 0.1) is 22.1 Å². The Labute approximate surface area is 255 Å². The van der Waals surface area contributed by atoms with Gasteiger partial charge in [-0.25, -0.2) is 0 Å². The van der Waals surface area contributed by atoms with Gasteiger partial charge in [-0.3, -0.25) is 0 Å². The van der Waals surface area contributed by atoms with Crippen LogP contribution in [0.3, 0.4) is 0 Å². The normalized spacial score (nSPS) is 11.6. The van der Waals surface area contributed by atoms with Crippen LogP contribution in [0.5, 0.6) is 0 Å². The van der Waals surface area contributed by atoms with Crippen LogP contribution in [0.15, 0.2) is 170 Å². The summed E-state index contributed by atoms with van der Waals surface area (Å²) >= 11 is 0. The van der Waals surface area contributed by atoms with Crippen molar-refractivity contribution < 1.29 is 0 Å². The molecular weight excluding hydrogens is 532 g/mol. The molecule has 0 unspecified atom stereocenters. The standard InChI is InChI=1S/C42H28N2/c1-2-13-29(14-3-1)31-25-32(28-34(27-31)44-41-23-10-6-19-37(41)38-20-7-11-24-42(38)44)30-15-12-16-33(26-30)43-39-21-8-4-17-35(39)36-18-5-9-22-40(36)43/h1-28H. The second-order valence-electron chi connectivity index (χ2n) is 11.4. The van der Waals surface area contributed by atoms with Gasteiger partial charge in [-0.05, 0) is 76.9 Å². The molecule has 0 atom stereocenters. The summed E-state index contributed by atoms with van der Waals surface area (Å²) in [6.07, 6.45) is 0. The van der Waals surface area contributed by atoms with E-state index < -0.39 is 0 Å². The highest BCUT2D eigenvalue weighted by atomic mass is 15.0. The molecule has 0 spiro atoms. The molecule has 2 aromatic heterocycles. The Morgan fingerprint density at radius 2 is 0.636 bits per heavy atom. The third-order valence-electron chi connectivity index (χ3n) is 8.88. The molecule has 9 rings (SSSR count). The molecule has 0 aliphatic heterocycles. The van der Waals surface area contributed by atoms with Crippen LogP contribution in [0.25, 0.3) is 77.2 Å². The van der Waals surface area contributed by atoms with Crippen molar-refractivity contribution in [1.82, 2.24) is 9.13 Å². The second-order valence-corrected chi connectivity index (χ2v) is 11.4. The van der Waals surface area contributed by atoms with Crippen LogP contribution < -0.4 is 0 Å². The molecule has 44 heavy (non-hydrogen) atoms. The van der Waals surface area contributed by atoms with Gasteiger partial charge in [0.15, 0.2) is 0 Å². The van der Waals surface area contributed by atoms with Crippen molar-refractivity contribution in [2.45, 2.75) is 0 Å². The third-order valence-corrected chi connectivity index (χ3v) is 8.88. The number of aromatic nitrogens is 2. The van der Waals surface area contributed by atoms with Crippen LogP contribution in [-0.4, -0.2) is 9.13 Å². The summed E-state index contributed by atoms with van der Waals surface area (Å²) in [7, 11) is 0. The lowest BCUT2D eigenvalue weighted by Crippen LogP contribution is -1.97. The fourth-order valence-corrected chi connectivity index (χ4v) is 6.93. The van der Waals surface area contributed by atoms with Gasteiger partial charge in [0.1, 0.15) is 0 Å². The summed E-state index contributed by atoms with van der Waals surface area (Å²) in [4.78, 5) is 0. The molecule has 2 heteroatoms. The number of nitrogens with zero attached hydrogens (tertiary/aromatic N) is 2. The highest BCUT2D eigenvalue weighted by Crippen LogP contribution is 2.37. The summed E-state index contributed by atoms with van der Waals surface area (Å²) in [6, 6.07) is 61.5. The maximum Gasteiger partial charge on any atom is 0.0541 e. The van der Waals surface area contributed by atoms with Crippen LogP contribution in [0.2, 0.25) is 0 Å². The van der Waals surface area contributed by atoms with Crippen LogP contribution in [0.4, 0.5) is 0 Å². The number of benzene rings is 7. The summed E-state index contributed by atoms with van der Waals surface area (Å²) in [6.45, 7) is 0. The highest BCUT2D eigenvalue weighted by molar-refractivity contribution is 6.10. The first-order valence-electron chi connectivity index (χ1n) is 15.1. The lowest BCUT2D eigenvalue weighted by atomic mass is 9.97. The van der Waals surface area contributed by atoms with Crippen LogP contribution in [0, 0.1) is 0 Å². The molecule has 0 radical (unpaired) electrons. The van der Waals surface area contributed by atoms with E-state index >= 15 is 0 Å². The van der Waals surface area contributed by atoms with Gasteiger partial charge in [0.2, 0.25) is 0 Å².